The molecule has 1 nitrogen and oxygen atoms in total. The molecule has 1 aromatic rings. The van der Waals surface area contributed by atoms with Gasteiger partial charge in [-0.1, -0.05) is 41.4 Å². The molecule has 0 aliphatic carbocycles. The van der Waals surface area contributed by atoms with Crippen LogP contribution in [0.2, 0.25) is 0 Å². The van der Waals surface area contributed by atoms with E-state index in [1.807, 2.05) is 45.0 Å². The molecule has 78 valence electrons. The van der Waals surface area contributed by atoms with Crippen molar-refractivity contribution in [3.05, 3.63) is 29.8 Å². The molecule has 0 saturated heterocycles. The molecule has 0 spiro atoms. The van der Waals surface area contributed by atoms with Crippen LogP contribution in [0, 0.1) is 0 Å². The lowest BCUT2D eigenvalue weighted by Crippen LogP contribution is -2.23. The van der Waals surface area contributed by atoms with Gasteiger partial charge in [-0.05, 0) is 26.8 Å². The molecule has 1 aromatic carbocycles. The Morgan fingerprint density at radius 3 is 2.21 bits per heavy atom. The van der Waals surface area contributed by atoms with Crippen molar-refractivity contribution in [2.24, 2.45) is 0 Å². The summed E-state index contributed by atoms with van der Waals surface area (Å²) in [5.74, 6) is 0.745. The number of halogens is 2. The van der Waals surface area contributed by atoms with Gasteiger partial charge in [0.2, 0.25) is 0 Å². The molecule has 0 heterocycles. The van der Waals surface area contributed by atoms with Crippen molar-refractivity contribution < 1.29 is 4.74 Å². The standard InChI is InChI=1S/C11H14Cl2O/c1-11(2,3)14-9-7-5-4-6-8(9)10(12)13/h4-7,10H,1-3H3. The first-order chi connectivity index (χ1) is 6.40. The Morgan fingerprint density at radius 1 is 1.14 bits per heavy atom. The summed E-state index contributed by atoms with van der Waals surface area (Å²) in [6.45, 7) is 5.96. The van der Waals surface area contributed by atoms with E-state index in [1.165, 1.54) is 0 Å². The van der Waals surface area contributed by atoms with Crippen LogP contribution in [0.5, 0.6) is 5.75 Å². The zero-order valence-electron chi connectivity index (χ0n) is 8.55. The van der Waals surface area contributed by atoms with E-state index in [1.54, 1.807) is 0 Å². The molecule has 0 unspecified atom stereocenters. The van der Waals surface area contributed by atoms with E-state index in [9.17, 15) is 0 Å². The third kappa shape index (κ3) is 3.39. The van der Waals surface area contributed by atoms with Crippen molar-refractivity contribution in [1.29, 1.82) is 0 Å². The van der Waals surface area contributed by atoms with Crippen molar-refractivity contribution in [3.63, 3.8) is 0 Å². The molecule has 0 aliphatic heterocycles. The van der Waals surface area contributed by atoms with Crippen LogP contribution in [0.15, 0.2) is 24.3 Å². The topological polar surface area (TPSA) is 9.23 Å². The zero-order valence-corrected chi connectivity index (χ0v) is 10.1. The minimum atomic E-state index is -0.548. The van der Waals surface area contributed by atoms with Crippen molar-refractivity contribution in [2.75, 3.05) is 0 Å². The summed E-state index contributed by atoms with van der Waals surface area (Å²) in [5, 5.41) is 0. The summed E-state index contributed by atoms with van der Waals surface area (Å²) in [6, 6.07) is 7.54. The Labute approximate surface area is 95.0 Å². The van der Waals surface area contributed by atoms with Gasteiger partial charge in [0.05, 0.1) is 0 Å². The summed E-state index contributed by atoms with van der Waals surface area (Å²) in [6.07, 6.45) is 0. The molecule has 3 heteroatoms. The predicted molar refractivity (Wildman–Crippen MR) is 61.3 cm³/mol. The van der Waals surface area contributed by atoms with E-state index in [0.29, 0.717) is 0 Å². The molecule has 0 fully saturated rings. The van der Waals surface area contributed by atoms with Crippen LogP contribution in [-0.2, 0) is 0 Å². The number of rotatable bonds is 2. The van der Waals surface area contributed by atoms with E-state index >= 15 is 0 Å². The SMILES string of the molecule is CC(C)(C)Oc1ccccc1C(Cl)Cl. The van der Waals surface area contributed by atoms with Gasteiger partial charge in [-0.2, -0.15) is 0 Å². The summed E-state index contributed by atoms with van der Waals surface area (Å²) in [5.41, 5.74) is 0.574. The number of ether oxygens (including phenoxy) is 1. The Kier molecular flexibility index (Phi) is 3.68. The fraction of sp³-hybridized carbons (Fsp3) is 0.455. The predicted octanol–water partition coefficient (Wildman–Crippen LogP) is 4.34. The van der Waals surface area contributed by atoms with Crippen LogP contribution in [0.3, 0.4) is 0 Å². The van der Waals surface area contributed by atoms with Crippen molar-refractivity contribution in [3.8, 4) is 5.75 Å². The van der Waals surface area contributed by atoms with E-state index in [2.05, 4.69) is 0 Å². The fourth-order valence-corrected chi connectivity index (χ4v) is 1.44. The second-order valence-electron chi connectivity index (χ2n) is 4.05. The maximum Gasteiger partial charge on any atom is 0.136 e. The molecule has 0 bridgehead atoms. The minimum absolute atomic E-state index is 0.237. The van der Waals surface area contributed by atoms with Crippen LogP contribution in [-0.4, -0.2) is 5.60 Å². The lowest BCUT2D eigenvalue weighted by atomic mass is 10.1. The lowest BCUT2D eigenvalue weighted by molar-refractivity contribution is 0.129. The molecular formula is C11H14Cl2O. The average molecular weight is 233 g/mol. The van der Waals surface area contributed by atoms with Gasteiger partial charge < -0.3 is 4.74 Å². The Balaban J connectivity index is 2.96. The second-order valence-corrected chi connectivity index (χ2v) is 5.15. The summed E-state index contributed by atoms with van der Waals surface area (Å²) >= 11 is 11.6. The summed E-state index contributed by atoms with van der Waals surface area (Å²) < 4.78 is 5.73. The van der Waals surface area contributed by atoms with Crippen molar-refractivity contribution in [1.82, 2.24) is 0 Å². The van der Waals surface area contributed by atoms with Crippen LogP contribution < -0.4 is 4.74 Å². The molecular weight excluding hydrogens is 219 g/mol. The van der Waals surface area contributed by atoms with E-state index in [0.717, 1.165) is 11.3 Å². The highest BCUT2D eigenvalue weighted by molar-refractivity contribution is 6.44. The Morgan fingerprint density at radius 2 is 1.71 bits per heavy atom. The molecule has 0 amide bonds. The molecule has 0 atom stereocenters. The highest BCUT2D eigenvalue weighted by atomic mass is 35.5. The molecule has 0 N–H and O–H groups in total. The average Bonchev–Trinajstić information content (AvgIpc) is 2.01. The lowest BCUT2D eigenvalue weighted by Gasteiger charge is -2.23. The van der Waals surface area contributed by atoms with E-state index in [4.69, 9.17) is 27.9 Å². The van der Waals surface area contributed by atoms with Gasteiger partial charge in [0, 0.05) is 5.56 Å². The van der Waals surface area contributed by atoms with Crippen molar-refractivity contribution in [2.45, 2.75) is 31.2 Å². The molecule has 0 radical (unpaired) electrons. The molecule has 0 aliphatic rings. The van der Waals surface area contributed by atoms with Crippen LogP contribution in [0.25, 0.3) is 0 Å². The summed E-state index contributed by atoms with van der Waals surface area (Å²) in [7, 11) is 0. The third-order valence-electron chi connectivity index (χ3n) is 1.57. The molecule has 1 rings (SSSR count). The van der Waals surface area contributed by atoms with Gasteiger partial charge in [0.15, 0.2) is 0 Å². The van der Waals surface area contributed by atoms with Gasteiger partial charge in [-0.25, -0.2) is 0 Å². The normalized spacial score (nSPS) is 11.9. The highest BCUT2D eigenvalue weighted by Crippen LogP contribution is 2.33. The maximum absolute atomic E-state index is 5.82. The maximum atomic E-state index is 5.82. The van der Waals surface area contributed by atoms with E-state index in [-0.39, 0.29) is 5.60 Å². The third-order valence-corrected chi connectivity index (χ3v) is 2.04. The Hall–Kier alpha value is -0.400. The highest BCUT2D eigenvalue weighted by Gasteiger charge is 2.16. The van der Waals surface area contributed by atoms with Crippen LogP contribution in [0.4, 0.5) is 0 Å². The smallest absolute Gasteiger partial charge is 0.136 e. The first-order valence-electron chi connectivity index (χ1n) is 4.46. The summed E-state index contributed by atoms with van der Waals surface area (Å²) in [4.78, 5) is -0.548. The van der Waals surface area contributed by atoms with Gasteiger partial charge >= 0.3 is 0 Å². The van der Waals surface area contributed by atoms with Gasteiger partial charge in [0.1, 0.15) is 16.2 Å². The zero-order chi connectivity index (χ0) is 10.8. The Bertz CT molecular complexity index is 302. The van der Waals surface area contributed by atoms with Crippen molar-refractivity contribution >= 4 is 23.2 Å². The minimum Gasteiger partial charge on any atom is -0.488 e. The monoisotopic (exact) mass is 232 g/mol. The largest absolute Gasteiger partial charge is 0.488 e. The van der Waals surface area contributed by atoms with E-state index < -0.39 is 4.84 Å². The first kappa shape index (κ1) is 11.7. The van der Waals surface area contributed by atoms with Gasteiger partial charge in [-0.15, -0.1) is 0 Å². The molecule has 0 saturated carbocycles. The van der Waals surface area contributed by atoms with Gasteiger partial charge in [-0.3, -0.25) is 0 Å². The van der Waals surface area contributed by atoms with Gasteiger partial charge in [0.25, 0.3) is 0 Å². The number of alkyl halides is 2. The second kappa shape index (κ2) is 4.41. The number of hydrogen-bond acceptors (Lipinski definition) is 1. The van der Waals surface area contributed by atoms with Crippen LogP contribution >= 0.6 is 23.2 Å². The number of hydrogen-bond donors (Lipinski definition) is 0. The molecule has 14 heavy (non-hydrogen) atoms. The fourth-order valence-electron chi connectivity index (χ4n) is 1.08. The quantitative estimate of drug-likeness (QED) is 0.690. The number of benzene rings is 1. The molecule has 0 aromatic heterocycles. The first-order valence-corrected chi connectivity index (χ1v) is 5.33. The van der Waals surface area contributed by atoms with Crippen LogP contribution in [0.1, 0.15) is 31.2 Å². The number of para-hydroxylation sites is 1.